The third-order valence-corrected chi connectivity index (χ3v) is 11.9. The average Bonchev–Trinajstić information content (AvgIpc) is 3.75. The molecule has 0 unspecified atom stereocenters. The number of rotatable bonds is 9. The lowest BCUT2D eigenvalue weighted by molar-refractivity contribution is 0.632. The van der Waals surface area contributed by atoms with Crippen LogP contribution < -0.4 is 4.90 Å². The van der Waals surface area contributed by atoms with Gasteiger partial charge in [0.1, 0.15) is 11.3 Å². The topological polar surface area (TPSA) is 16.4 Å². The van der Waals surface area contributed by atoms with Crippen LogP contribution in [0, 0.1) is 0 Å². The molecule has 0 aliphatic rings. The largest absolute Gasteiger partial charge is 0.455 e. The number of fused-ring (bicyclic) bond motifs is 2. The van der Waals surface area contributed by atoms with Gasteiger partial charge in [-0.1, -0.05) is 200 Å². The lowest BCUT2D eigenvalue weighted by Gasteiger charge is -2.28. The molecule has 292 valence electrons. The van der Waals surface area contributed by atoms with Gasteiger partial charge in [0.25, 0.3) is 0 Å². The van der Waals surface area contributed by atoms with Crippen LogP contribution in [0.5, 0.6) is 0 Å². The van der Waals surface area contributed by atoms with Crippen molar-refractivity contribution >= 4 is 38.8 Å². The number of hydrogen-bond acceptors (Lipinski definition) is 2. The molecule has 2 nitrogen and oxygen atoms in total. The Labute approximate surface area is 362 Å². The fourth-order valence-corrected chi connectivity index (χ4v) is 8.77. The Bertz CT molecular complexity index is 3310. The van der Waals surface area contributed by atoms with Crippen molar-refractivity contribution in [3.8, 4) is 67.0 Å². The zero-order valence-corrected chi connectivity index (χ0v) is 34.0. The molecule has 11 rings (SSSR count). The first-order chi connectivity index (χ1) is 30.7. The fraction of sp³-hybridized carbons (Fsp3) is 0. The van der Waals surface area contributed by atoms with Gasteiger partial charge in [-0.3, -0.25) is 0 Å². The summed E-state index contributed by atoms with van der Waals surface area (Å²) in [5, 5.41) is 3.61. The van der Waals surface area contributed by atoms with E-state index in [1.165, 1.54) is 33.0 Å². The van der Waals surface area contributed by atoms with E-state index in [0.29, 0.717) is 0 Å². The molecule has 0 N–H and O–H groups in total. The van der Waals surface area contributed by atoms with E-state index in [-0.39, 0.29) is 0 Å². The maximum atomic E-state index is 6.55. The average molecular weight is 792 g/mol. The number of para-hydroxylation sites is 2. The van der Waals surface area contributed by atoms with Crippen molar-refractivity contribution in [1.29, 1.82) is 0 Å². The molecule has 1 heterocycles. The van der Waals surface area contributed by atoms with Crippen molar-refractivity contribution in [2.45, 2.75) is 0 Å². The van der Waals surface area contributed by atoms with Gasteiger partial charge in [-0.25, -0.2) is 0 Å². The first kappa shape index (κ1) is 36.8. The molecule has 0 atom stereocenters. The highest BCUT2D eigenvalue weighted by Crippen LogP contribution is 2.44. The van der Waals surface area contributed by atoms with Crippen molar-refractivity contribution in [3.05, 3.63) is 249 Å². The molecule has 0 bridgehead atoms. The monoisotopic (exact) mass is 791 g/mol. The van der Waals surface area contributed by atoms with Gasteiger partial charge in [0.2, 0.25) is 0 Å². The van der Waals surface area contributed by atoms with Gasteiger partial charge in [-0.05, 0) is 104 Å². The second-order valence-corrected chi connectivity index (χ2v) is 15.7. The normalized spacial score (nSPS) is 11.2. The molecule has 2 heteroatoms. The third kappa shape index (κ3) is 7.04. The number of hydrogen-bond donors (Lipinski definition) is 0. The molecule has 0 amide bonds. The first-order valence-electron chi connectivity index (χ1n) is 21.2. The maximum Gasteiger partial charge on any atom is 0.143 e. The molecule has 0 spiro atoms. The molecular formula is C60H41NO. The van der Waals surface area contributed by atoms with Crippen molar-refractivity contribution in [1.82, 2.24) is 0 Å². The summed E-state index contributed by atoms with van der Waals surface area (Å²) in [4.78, 5) is 2.37. The van der Waals surface area contributed by atoms with Crippen molar-refractivity contribution in [3.63, 3.8) is 0 Å². The summed E-state index contributed by atoms with van der Waals surface area (Å²) in [6.45, 7) is 0. The molecule has 0 aliphatic heterocycles. The number of nitrogens with zero attached hydrogens (tertiary/aromatic N) is 1. The van der Waals surface area contributed by atoms with Gasteiger partial charge in [-0.2, -0.15) is 0 Å². The van der Waals surface area contributed by atoms with E-state index in [0.717, 1.165) is 72.7 Å². The molecule has 62 heavy (non-hydrogen) atoms. The second kappa shape index (κ2) is 16.1. The van der Waals surface area contributed by atoms with E-state index in [1.54, 1.807) is 0 Å². The number of anilines is 3. The summed E-state index contributed by atoms with van der Waals surface area (Å²) in [7, 11) is 0. The Kier molecular flexibility index (Phi) is 9.57. The van der Waals surface area contributed by atoms with Crippen LogP contribution in [0.1, 0.15) is 0 Å². The summed E-state index contributed by atoms with van der Waals surface area (Å²) in [5.74, 6) is 0.886. The maximum absolute atomic E-state index is 6.55. The van der Waals surface area contributed by atoms with Gasteiger partial charge in [0, 0.05) is 33.5 Å². The minimum absolute atomic E-state index is 0.886. The van der Waals surface area contributed by atoms with E-state index >= 15 is 0 Å². The van der Waals surface area contributed by atoms with Crippen LogP contribution in [0.15, 0.2) is 253 Å². The third-order valence-electron chi connectivity index (χ3n) is 11.9. The van der Waals surface area contributed by atoms with E-state index in [1.807, 2.05) is 12.1 Å². The Morgan fingerprint density at radius 2 is 0.774 bits per heavy atom. The van der Waals surface area contributed by atoms with Gasteiger partial charge in [-0.15, -0.1) is 0 Å². The van der Waals surface area contributed by atoms with Crippen LogP contribution in [0.3, 0.4) is 0 Å². The van der Waals surface area contributed by atoms with E-state index < -0.39 is 0 Å². The van der Waals surface area contributed by atoms with Gasteiger partial charge >= 0.3 is 0 Å². The lowest BCUT2D eigenvalue weighted by Crippen LogP contribution is -2.11. The van der Waals surface area contributed by atoms with Gasteiger partial charge in [0.15, 0.2) is 0 Å². The summed E-state index contributed by atoms with van der Waals surface area (Å²) in [5.41, 5.74) is 16.9. The highest BCUT2D eigenvalue weighted by atomic mass is 16.3. The quantitative estimate of drug-likeness (QED) is 0.145. The lowest BCUT2D eigenvalue weighted by atomic mass is 9.95. The van der Waals surface area contributed by atoms with Crippen molar-refractivity contribution in [2.75, 3.05) is 4.90 Å². The Morgan fingerprint density at radius 1 is 0.290 bits per heavy atom. The second-order valence-electron chi connectivity index (χ2n) is 15.7. The predicted molar refractivity (Wildman–Crippen MR) is 261 cm³/mol. The molecule has 10 aromatic carbocycles. The zero-order chi connectivity index (χ0) is 41.2. The van der Waals surface area contributed by atoms with Gasteiger partial charge < -0.3 is 9.32 Å². The van der Waals surface area contributed by atoms with E-state index in [4.69, 9.17) is 4.42 Å². The minimum atomic E-state index is 0.886. The van der Waals surface area contributed by atoms with Crippen LogP contribution in [-0.2, 0) is 0 Å². The molecule has 0 aliphatic carbocycles. The van der Waals surface area contributed by atoms with Crippen LogP contribution in [-0.4, -0.2) is 0 Å². The Hall–Kier alpha value is -8.20. The predicted octanol–water partition coefficient (Wildman–Crippen LogP) is 17.1. The van der Waals surface area contributed by atoms with E-state index in [9.17, 15) is 0 Å². The van der Waals surface area contributed by atoms with Crippen LogP contribution in [0.4, 0.5) is 17.1 Å². The summed E-state index contributed by atoms with van der Waals surface area (Å²) < 4.78 is 6.55. The van der Waals surface area contributed by atoms with Crippen LogP contribution in [0.2, 0.25) is 0 Å². The molecule has 0 fully saturated rings. The van der Waals surface area contributed by atoms with Crippen LogP contribution in [0.25, 0.3) is 88.7 Å². The Balaban J connectivity index is 0.914. The van der Waals surface area contributed by atoms with Crippen molar-refractivity contribution < 1.29 is 4.42 Å². The highest BCUT2D eigenvalue weighted by molar-refractivity contribution is 6.02. The number of furan rings is 1. The smallest absolute Gasteiger partial charge is 0.143 e. The molecule has 1 aromatic heterocycles. The molecule has 11 aromatic rings. The number of benzene rings is 10. The fourth-order valence-electron chi connectivity index (χ4n) is 8.77. The standard InChI is InChI=1S/C60H41NO/c1-3-15-47(16-4-1)55-22-9-11-24-57(55)61(54-38-34-46(35-39-54)51-31-30-42-14-7-8-19-49(42)40-51)53-36-32-44(33-37-53)43-26-28-45(29-27-43)50-20-13-21-52(41-50)60-59(48-17-5-2-6-18-48)56-23-10-12-25-58(56)62-60/h1-41H. The first-order valence-corrected chi connectivity index (χ1v) is 21.2. The summed E-state index contributed by atoms with van der Waals surface area (Å²) in [6, 6.07) is 88.9. The van der Waals surface area contributed by atoms with Gasteiger partial charge in [0.05, 0.1) is 5.69 Å². The molecular weight excluding hydrogens is 751 g/mol. The zero-order valence-electron chi connectivity index (χ0n) is 34.0. The minimum Gasteiger partial charge on any atom is -0.455 e. The van der Waals surface area contributed by atoms with Crippen molar-refractivity contribution in [2.24, 2.45) is 0 Å². The molecule has 0 radical (unpaired) electrons. The van der Waals surface area contributed by atoms with E-state index in [2.05, 4.69) is 241 Å². The summed E-state index contributed by atoms with van der Waals surface area (Å²) >= 11 is 0. The molecule has 0 saturated heterocycles. The van der Waals surface area contributed by atoms with Crippen LogP contribution >= 0.6 is 0 Å². The SMILES string of the molecule is c1ccc(-c2ccccc2N(c2ccc(-c3ccc(-c4cccc(-c5oc6ccccc6c5-c5ccccc5)c4)cc3)cc2)c2ccc(-c3ccc4ccccc4c3)cc2)cc1. The highest BCUT2D eigenvalue weighted by Gasteiger charge is 2.19. The molecule has 0 saturated carbocycles. The Morgan fingerprint density at radius 3 is 1.47 bits per heavy atom. The summed E-state index contributed by atoms with van der Waals surface area (Å²) in [6.07, 6.45) is 0.